The van der Waals surface area contributed by atoms with Crippen molar-refractivity contribution < 1.29 is 42.8 Å². The van der Waals surface area contributed by atoms with Crippen molar-refractivity contribution in [2.24, 2.45) is 0 Å². The summed E-state index contributed by atoms with van der Waals surface area (Å²) in [7, 11) is 11.8. The van der Waals surface area contributed by atoms with Gasteiger partial charge in [0.15, 0.2) is 6.73 Å². The van der Waals surface area contributed by atoms with Crippen LogP contribution in [-0.4, -0.2) is 154 Å². The van der Waals surface area contributed by atoms with E-state index in [9.17, 15) is 14.4 Å². The molecule has 0 saturated heterocycles. The standard InChI is InChI=1S/C22H33N5O3.C18H24N4O3.C15H12ClNO2.C15H14ClNO/c1-7-29-18-9-8-10-19(30-14-13-26(5)6)20(18)21(28)27(12-11-25(3)4)22-23-15-17(2)16-24-22;1-5-24-14-7-6-8-15(25-10-9-22(3)4)16(14)17(23)21-18-19-11-13(2)12-20-18;1-10-8-12(6-7-13(10)16)17-9-11-4-2-3-5-14(11)19-15(17)18;1-11-8-13(6-7-14(11)16)17-9-12-4-2-3-5-15(12)18-10-17/h8-10,15-16H,7,11-14H2,1-6H3;6-8,11-12H,5,9-10H2,1-4H3,(H,19,20,21,23);2-8H,9H2,1H3;2-8H,9-10H2,1H3. The maximum atomic E-state index is 13.7. The highest BCUT2D eigenvalue weighted by molar-refractivity contribution is 6.31. The van der Waals surface area contributed by atoms with Crippen molar-refractivity contribution in [1.82, 2.24) is 34.6 Å². The van der Waals surface area contributed by atoms with Gasteiger partial charge in [-0.25, -0.2) is 24.7 Å². The summed E-state index contributed by atoms with van der Waals surface area (Å²) >= 11 is 12.1. The molecule has 3 amide bonds. The summed E-state index contributed by atoms with van der Waals surface area (Å²) in [5.74, 6) is 3.53. The molecule has 486 valence electrons. The Balaban J connectivity index is 0.000000177. The number of para-hydroxylation sites is 2. The van der Waals surface area contributed by atoms with E-state index in [4.69, 9.17) is 51.6 Å². The Morgan fingerprint density at radius 3 is 1.58 bits per heavy atom. The van der Waals surface area contributed by atoms with Crippen LogP contribution in [0.3, 0.4) is 0 Å². The molecule has 0 aliphatic carbocycles. The molecule has 0 radical (unpaired) electrons. The summed E-state index contributed by atoms with van der Waals surface area (Å²) in [5, 5.41) is 4.18. The van der Waals surface area contributed by atoms with Gasteiger partial charge in [0.25, 0.3) is 11.8 Å². The van der Waals surface area contributed by atoms with Crippen molar-refractivity contribution in [3.05, 3.63) is 201 Å². The number of fused-ring (bicyclic) bond motifs is 2. The van der Waals surface area contributed by atoms with Gasteiger partial charge in [-0.2, -0.15) is 0 Å². The number of aromatic nitrogens is 4. The van der Waals surface area contributed by atoms with Gasteiger partial charge in [0.2, 0.25) is 11.9 Å². The highest BCUT2D eigenvalue weighted by atomic mass is 35.5. The van der Waals surface area contributed by atoms with Crippen LogP contribution < -0.4 is 48.4 Å². The van der Waals surface area contributed by atoms with Gasteiger partial charge >= 0.3 is 6.09 Å². The largest absolute Gasteiger partial charge is 0.493 e. The van der Waals surface area contributed by atoms with Gasteiger partial charge in [-0.1, -0.05) is 71.7 Å². The number of likely N-dealkylation sites (N-methyl/N-ethyl adjacent to an activating group) is 3. The highest BCUT2D eigenvalue weighted by Gasteiger charge is 2.29. The van der Waals surface area contributed by atoms with Crippen molar-refractivity contribution >= 4 is 64.4 Å². The predicted octanol–water partition coefficient (Wildman–Crippen LogP) is 12.9. The monoisotopic (exact) mass is 1290 g/mol. The Morgan fingerprint density at radius 1 is 0.554 bits per heavy atom. The molecule has 0 unspecified atom stereocenters. The maximum absolute atomic E-state index is 13.7. The fourth-order valence-corrected chi connectivity index (χ4v) is 9.31. The number of carbonyl (C=O) groups excluding carboxylic acids is 3. The normalized spacial score (nSPS) is 12.1. The Kier molecular flexibility index (Phi) is 26.8. The summed E-state index contributed by atoms with van der Waals surface area (Å²) in [4.78, 5) is 66.9. The zero-order chi connectivity index (χ0) is 66.3. The number of benzene rings is 6. The molecule has 2 aliphatic heterocycles. The number of aryl methyl sites for hydroxylation is 4. The van der Waals surface area contributed by atoms with E-state index < -0.39 is 0 Å². The van der Waals surface area contributed by atoms with Crippen LogP contribution in [0.25, 0.3) is 0 Å². The van der Waals surface area contributed by atoms with Crippen LogP contribution in [0.15, 0.2) is 146 Å². The third-order valence-electron chi connectivity index (χ3n) is 14.0. The number of anilines is 4. The summed E-state index contributed by atoms with van der Waals surface area (Å²) in [6.45, 7) is 17.8. The van der Waals surface area contributed by atoms with Gasteiger partial charge in [-0.05, 0) is 179 Å². The molecule has 1 N–H and O–H groups in total. The third-order valence-corrected chi connectivity index (χ3v) is 14.9. The van der Waals surface area contributed by atoms with Crippen molar-refractivity contribution in [3.8, 4) is 34.5 Å². The minimum Gasteiger partial charge on any atom is -0.493 e. The first-order valence-electron chi connectivity index (χ1n) is 30.2. The summed E-state index contributed by atoms with van der Waals surface area (Å²) in [6.07, 6.45) is 6.35. The van der Waals surface area contributed by atoms with Gasteiger partial charge in [0, 0.05) is 90.1 Å². The number of carbonyl (C=O) groups is 3. The number of ether oxygens (including phenoxy) is 6. The predicted molar refractivity (Wildman–Crippen MR) is 364 cm³/mol. The lowest BCUT2D eigenvalue weighted by Gasteiger charge is -2.31. The smallest absolute Gasteiger partial charge is 0.420 e. The number of halogens is 2. The molecule has 0 bridgehead atoms. The third kappa shape index (κ3) is 20.5. The maximum Gasteiger partial charge on any atom is 0.420 e. The van der Waals surface area contributed by atoms with Crippen LogP contribution in [-0.2, 0) is 13.1 Å². The lowest BCUT2D eigenvalue weighted by Crippen LogP contribution is -2.38. The molecule has 2 aromatic heterocycles. The van der Waals surface area contributed by atoms with Crippen LogP contribution in [0.4, 0.5) is 28.1 Å². The molecular formula is C70H83Cl2N11O9. The summed E-state index contributed by atoms with van der Waals surface area (Å²) < 4.78 is 34.2. The van der Waals surface area contributed by atoms with Crippen molar-refractivity contribution in [1.29, 1.82) is 0 Å². The number of amides is 3. The second-order valence-corrected chi connectivity index (χ2v) is 23.1. The first-order valence-corrected chi connectivity index (χ1v) is 31.0. The van der Waals surface area contributed by atoms with E-state index >= 15 is 0 Å². The van der Waals surface area contributed by atoms with E-state index in [1.165, 1.54) is 5.56 Å². The second-order valence-electron chi connectivity index (χ2n) is 22.3. The Bertz CT molecular complexity index is 3710. The van der Waals surface area contributed by atoms with Gasteiger partial charge in [-0.3, -0.25) is 24.7 Å². The molecule has 4 heterocycles. The Hall–Kier alpha value is -9.05. The van der Waals surface area contributed by atoms with Crippen molar-refractivity contribution in [3.63, 3.8) is 0 Å². The number of hydrogen-bond donors (Lipinski definition) is 1. The molecule has 0 saturated carbocycles. The minimum absolute atomic E-state index is 0.237. The number of rotatable bonds is 21. The Labute approximate surface area is 550 Å². The molecule has 92 heavy (non-hydrogen) atoms. The number of nitrogens with one attached hydrogen (secondary N) is 1. The van der Waals surface area contributed by atoms with Crippen molar-refractivity contribution in [2.75, 3.05) is 122 Å². The second kappa shape index (κ2) is 35.0. The van der Waals surface area contributed by atoms with Gasteiger partial charge in [0.1, 0.15) is 58.8 Å². The molecule has 0 spiro atoms. The zero-order valence-corrected chi connectivity index (χ0v) is 56.0. The summed E-state index contributed by atoms with van der Waals surface area (Å²) in [6, 6.07) is 38.0. The van der Waals surface area contributed by atoms with Crippen LogP contribution >= 0.6 is 23.2 Å². The van der Waals surface area contributed by atoms with Gasteiger partial charge < -0.3 is 48.0 Å². The first kappa shape index (κ1) is 70.4. The van der Waals surface area contributed by atoms with Crippen LogP contribution in [0, 0.1) is 27.7 Å². The number of nitrogens with zero attached hydrogens (tertiary/aromatic N) is 10. The molecule has 10 rings (SSSR count). The summed E-state index contributed by atoms with van der Waals surface area (Å²) in [5.41, 5.74) is 8.76. The molecule has 0 fully saturated rings. The molecule has 2 aliphatic rings. The van der Waals surface area contributed by atoms with E-state index in [0.717, 1.165) is 69.6 Å². The highest BCUT2D eigenvalue weighted by Crippen LogP contribution is 2.35. The first-order chi connectivity index (χ1) is 44.2. The fraction of sp³-hybridized carbons (Fsp3) is 0.329. The SMILES string of the molecule is CCOc1cccc(OCCN(C)C)c1C(=O)N(CCN(C)C)c1ncc(C)cn1.CCOc1cccc(OCCN(C)C)c1C(=O)Nc1ncc(C)cn1.Cc1cc(N2COc3ccccc3C2)ccc1Cl.Cc1cc(N2Cc3ccccc3OC2=O)ccc1Cl. The lowest BCUT2D eigenvalue weighted by atomic mass is 10.1. The van der Waals surface area contributed by atoms with E-state index in [1.807, 2.05) is 165 Å². The molecule has 22 heteroatoms. The molecule has 8 aromatic rings. The van der Waals surface area contributed by atoms with Crippen LogP contribution in [0.2, 0.25) is 10.0 Å². The van der Waals surface area contributed by atoms with E-state index in [2.05, 4.69) is 42.3 Å². The lowest BCUT2D eigenvalue weighted by molar-refractivity contribution is 0.0973. The zero-order valence-electron chi connectivity index (χ0n) is 54.5. The quantitative estimate of drug-likeness (QED) is 0.0714. The topological polar surface area (TPSA) is 190 Å². The average molecular weight is 1290 g/mol. The average Bonchev–Trinajstić information content (AvgIpc) is 0.844. The molecule has 0 atom stereocenters. The number of hydrogen-bond acceptors (Lipinski definition) is 17. The fourth-order valence-electron chi connectivity index (χ4n) is 9.08. The molecule has 6 aromatic carbocycles. The molecule has 20 nitrogen and oxygen atoms in total. The van der Waals surface area contributed by atoms with E-state index in [0.29, 0.717) is 104 Å². The van der Waals surface area contributed by atoms with Crippen LogP contribution in [0.1, 0.15) is 67.9 Å². The van der Waals surface area contributed by atoms with Gasteiger partial charge in [-0.15, -0.1) is 0 Å². The van der Waals surface area contributed by atoms with E-state index in [-0.39, 0.29) is 23.9 Å². The van der Waals surface area contributed by atoms with E-state index in [1.54, 1.807) is 77.1 Å². The van der Waals surface area contributed by atoms with Gasteiger partial charge in [0.05, 0.1) is 19.8 Å². The van der Waals surface area contributed by atoms with Crippen molar-refractivity contribution in [2.45, 2.75) is 54.6 Å². The minimum atomic E-state index is -0.368. The Morgan fingerprint density at radius 2 is 1.03 bits per heavy atom. The van der Waals surface area contributed by atoms with Crippen LogP contribution in [0.5, 0.6) is 34.5 Å². The molecular weight excluding hydrogens is 1210 g/mol.